The number of nitrogens with one attached hydrogen (secondary N) is 1. The molecule has 2 aromatic rings. The van der Waals surface area contributed by atoms with Gasteiger partial charge in [-0.3, -0.25) is 14.6 Å². The van der Waals surface area contributed by atoms with Gasteiger partial charge in [0.1, 0.15) is 11.5 Å². The Bertz CT molecular complexity index is 913. The van der Waals surface area contributed by atoms with Gasteiger partial charge in [-0.2, -0.15) is 13.2 Å². The Morgan fingerprint density at radius 1 is 1.16 bits per heavy atom. The minimum absolute atomic E-state index is 0.00580. The van der Waals surface area contributed by atoms with Crippen LogP contribution in [-0.4, -0.2) is 55.7 Å². The van der Waals surface area contributed by atoms with Gasteiger partial charge in [0.2, 0.25) is 5.91 Å². The lowest BCUT2D eigenvalue weighted by Crippen LogP contribution is -2.36. The number of hydrogen-bond acceptors (Lipinski definition) is 5. The summed E-state index contributed by atoms with van der Waals surface area (Å²) in [7, 11) is 0. The lowest BCUT2D eigenvalue weighted by Gasteiger charge is -2.23. The number of fused-ring (bicyclic) bond motifs is 1. The fourth-order valence-electron chi connectivity index (χ4n) is 3.47. The second kappa shape index (κ2) is 9.44. The SMILES string of the molecule is CC(C)C(NC(=O)c1ccccn1)c1nnc2n1CCN(C(=O)CCC(F)(F)F)CC2. The Morgan fingerprint density at radius 2 is 1.94 bits per heavy atom. The lowest BCUT2D eigenvalue weighted by molar-refractivity contribution is -0.149. The van der Waals surface area contributed by atoms with Crippen molar-refractivity contribution in [1.82, 2.24) is 30.0 Å². The number of halogens is 3. The van der Waals surface area contributed by atoms with Crippen LogP contribution in [0.4, 0.5) is 13.2 Å². The molecule has 0 radical (unpaired) electrons. The standard InChI is InChI=1S/C20H25F3N6O2/c1-13(2)17(25-19(31)14-5-3-4-9-24-14)18-27-26-15-7-10-28(11-12-29(15)18)16(30)6-8-20(21,22)23/h3-5,9,13,17H,6-8,10-12H2,1-2H3,(H,25,31). The van der Waals surface area contributed by atoms with Crippen molar-refractivity contribution in [3.05, 3.63) is 41.7 Å². The molecule has 1 aliphatic heterocycles. The van der Waals surface area contributed by atoms with E-state index in [9.17, 15) is 22.8 Å². The summed E-state index contributed by atoms with van der Waals surface area (Å²) in [5.74, 6) is 0.321. The Morgan fingerprint density at radius 3 is 2.58 bits per heavy atom. The molecule has 1 atom stereocenters. The van der Waals surface area contributed by atoms with Crippen LogP contribution in [-0.2, 0) is 17.8 Å². The van der Waals surface area contributed by atoms with Gasteiger partial charge in [0.25, 0.3) is 5.91 Å². The minimum Gasteiger partial charge on any atom is -0.340 e. The van der Waals surface area contributed by atoms with Crippen LogP contribution in [0.25, 0.3) is 0 Å². The van der Waals surface area contributed by atoms with Crippen LogP contribution in [0.3, 0.4) is 0 Å². The highest BCUT2D eigenvalue weighted by atomic mass is 19.4. The number of alkyl halides is 3. The van der Waals surface area contributed by atoms with Gasteiger partial charge in [-0.1, -0.05) is 19.9 Å². The van der Waals surface area contributed by atoms with E-state index < -0.39 is 31.0 Å². The Labute approximate surface area is 177 Å². The first kappa shape index (κ1) is 22.7. The molecule has 1 unspecified atom stereocenters. The van der Waals surface area contributed by atoms with E-state index in [2.05, 4.69) is 20.5 Å². The first-order valence-electron chi connectivity index (χ1n) is 10.1. The Hall–Kier alpha value is -2.98. The molecule has 0 spiro atoms. The minimum atomic E-state index is -4.36. The van der Waals surface area contributed by atoms with Crippen LogP contribution >= 0.6 is 0 Å². The molecular weight excluding hydrogens is 413 g/mol. The molecule has 1 aliphatic rings. The van der Waals surface area contributed by atoms with Crippen molar-refractivity contribution < 1.29 is 22.8 Å². The topological polar surface area (TPSA) is 93.0 Å². The Kier molecular flexibility index (Phi) is 6.91. The summed E-state index contributed by atoms with van der Waals surface area (Å²) in [6.07, 6.45) is -4.14. The van der Waals surface area contributed by atoms with Crippen molar-refractivity contribution >= 4 is 11.8 Å². The normalized spacial score (nSPS) is 15.4. The molecule has 0 saturated heterocycles. The van der Waals surface area contributed by atoms with Crippen LogP contribution in [0.5, 0.6) is 0 Å². The lowest BCUT2D eigenvalue weighted by atomic mass is 10.0. The Balaban J connectivity index is 1.72. The molecule has 3 rings (SSSR count). The maximum atomic E-state index is 12.6. The van der Waals surface area contributed by atoms with Crippen molar-refractivity contribution in [2.45, 2.75) is 51.9 Å². The van der Waals surface area contributed by atoms with E-state index in [-0.39, 0.29) is 30.6 Å². The fourth-order valence-corrected chi connectivity index (χ4v) is 3.47. The molecule has 3 heterocycles. The molecule has 11 heteroatoms. The number of amides is 2. The third kappa shape index (κ3) is 5.80. The van der Waals surface area contributed by atoms with Gasteiger partial charge in [-0.25, -0.2) is 0 Å². The number of carbonyl (C=O) groups excluding carboxylic acids is 2. The number of pyridine rings is 1. The van der Waals surface area contributed by atoms with E-state index in [0.717, 1.165) is 0 Å². The summed E-state index contributed by atoms with van der Waals surface area (Å²) in [5, 5.41) is 11.4. The van der Waals surface area contributed by atoms with E-state index in [4.69, 9.17) is 0 Å². The van der Waals surface area contributed by atoms with Gasteiger partial charge in [-0.05, 0) is 18.1 Å². The van der Waals surface area contributed by atoms with Gasteiger partial charge < -0.3 is 14.8 Å². The number of carbonyl (C=O) groups is 2. The van der Waals surface area contributed by atoms with Crippen molar-refractivity contribution in [1.29, 1.82) is 0 Å². The molecule has 0 fully saturated rings. The summed E-state index contributed by atoms with van der Waals surface area (Å²) in [6.45, 7) is 4.76. The average molecular weight is 438 g/mol. The summed E-state index contributed by atoms with van der Waals surface area (Å²) < 4.78 is 39.2. The number of nitrogens with zero attached hydrogens (tertiary/aromatic N) is 5. The highest BCUT2D eigenvalue weighted by Gasteiger charge is 2.31. The summed E-state index contributed by atoms with van der Waals surface area (Å²) in [6, 6.07) is 4.61. The first-order chi connectivity index (χ1) is 14.7. The molecule has 2 aromatic heterocycles. The predicted octanol–water partition coefficient (Wildman–Crippen LogP) is 2.53. The summed E-state index contributed by atoms with van der Waals surface area (Å²) >= 11 is 0. The molecule has 1 N–H and O–H groups in total. The third-order valence-corrected chi connectivity index (χ3v) is 5.16. The first-order valence-corrected chi connectivity index (χ1v) is 10.1. The van der Waals surface area contributed by atoms with Crippen LogP contribution in [0.2, 0.25) is 0 Å². The number of hydrogen-bond donors (Lipinski definition) is 1. The second-order valence-electron chi connectivity index (χ2n) is 7.78. The van der Waals surface area contributed by atoms with E-state index in [1.807, 2.05) is 18.4 Å². The van der Waals surface area contributed by atoms with Crippen molar-refractivity contribution in [3.8, 4) is 0 Å². The zero-order chi connectivity index (χ0) is 22.6. The maximum Gasteiger partial charge on any atom is 0.389 e. The van der Waals surface area contributed by atoms with Crippen molar-refractivity contribution in [3.63, 3.8) is 0 Å². The molecule has 0 aliphatic carbocycles. The van der Waals surface area contributed by atoms with Crippen LogP contribution in [0, 0.1) is 5.92 Å². The molecule has 0 saturated carbocycles. The second-order valence-corrected chi connectivity index (χ2v) is 7.78. The monoisotopic (exact) mass is 438 g/mol. The molecular formula is C20H25F3N6O2. The molecule has 168 valence electrons. The van der Waals surface area contributed by atoms with Gasteiger partial charge in [0, 0.05) is 38.7 Å². The summed E-state index contributed by atoms with van der Waals surface area (Å²) in [5.41, 5.74) is 0.283. The zero-order valence-electron chi connectivity index (χ0n) is 17.4. The van der Waals surface area contributed by atoms with Gasteiger partial charge in [-0.15, -0.1) is 10.2 Å². The molecule has 0 bridgehead atoms. The largest absolute Gasteiger partial charge is 0.389 e. The van der Waals surface area contributed by atoms with Gasteiger partial charge >= 0.3 is 6.18 Å². The summed E-state index contributed by atoms with van der Waals surface area (Å²) in [4.78, 5) is 30.3. The quantitative estimate of drug-likeness (QED) is 0.748. The predicted molar refractivity (Wildman–Crippen MR) is 105 cm³/mol. The smallest absolute Gasteiger partial charge is 0.340 e. The molecule has 31 heavy (non-hydrogen) atoms. The average Bonchev–Trinajstić information content (AvgIpc) is 3.00. The number of rotatable bonds is 6. The maximum absolute atomic E-state index is 12.6. The third-order valence-electron chi connectivity index (χ3n) is 5.16. The van der Waals surface area contributed by atoms with Crippen molar-refractivity contribution in [2.75, 3.05) is 13.1 Å². The highest BCUT2D eigenvalue weighted by molar-refractivity contribution is 5.92. The van der Waals surface area contributed by atoms with Gasteiger partial charge in [0.15, 0.2) is 5.82 Å². The zero-order valence-corrected chi connectivity index (χ0v) is 17.4. The fraction of sp³-hybridized carbons (Fsp3) is 0.550. The molecule has 2 amide bonds. The number of aromatic nitrogens is 4. The van der Waals surface area contributed by atoms with Crippen molar-refractivity contribution in [2.24, 2.45) is 5.92 Å². The van der Waals surface area contributed by atoms with Crippen LogP contribution in [0.1, 0.15) is 54.9 Å². The highest BCUT2D eigenvalue weighted by Crippen LogP contribution is 2.24. The van der Waals surface area contributed by atoms with Gasteiger partial charge in [0.05, 0.1) is 12.5 Å². The van der Waals surface area contributed by atoms with E-state index >= 15 is 0 Å². The van der Waals surface area contributed by atoms with Crippen LogP contribution < -0.4 is 5.32 Å². The van der Waals surface area contributed by atoms with E-state index in [1.54, 1.807) is 18.2 Å². The molecule has 0 aromatic carbocycles. The van der Waals surface area contributed by atoms with E-state index in [0.29, 0.717) is 24.6 Å². The van der Waals surface area contributed by atoms with E-state index in [1.165, 1.54) is 11.1 Å². The molecule has 8 nitrogen and oxygen atoms in total. The van der Waals surface area contributed by atoms with Crippen LogP contribution in [0.15, 0.2) is 24.4 Å².